The lowest BCUT2D eigenvalue weighted by Gasteiger charge is -2.27. The van der Waals surface area contributed by atoms with E-state index in [9.17, 15) is 4.79 Å². The Bertz CT molecular complexity index is 885. The van der Waals surface area contributed by atoms with Gasteiger partial charge in [-0.3, -0.25) is 4.79 Å². The Kier molecular flexibility index (Phi) is 4.41. The van der Waals surface area contributed by atoms with E-state index in [0.29, 0.717) is 5.75 Å². The number of rotatable bonds is 4. The first kappa shape index (κ1) is 16.7. The number of thiol groups is 1. The first-order valence-corrected chi connectivity index (χ1v) is 8.50. The van der Waals surface area contributed by atoms with Crippen LogP contribution in [0, 0.1) is 0 Å². The number of fused-ring (bicyclic) bond motifs is 1. The number of carbonyl (C=O) groups excluding carboxylic acids is 1. The highest BCUT2D eigenvalue weighted by atomic mass is 32.1. The summed E-state index contributed by atoms with van der Waals surface area (Å²) < 4.78 is 7.19. The molecule has 3 aromatic rings. The third-order valence-corrected chi connectivity index (χ3v) is 5.28. The van der Waals surface area contributed by atoms with Gasteiger partial charge in [0.05, 0.1) is 7.11 Å². The Labute approximate surface area is 147 Å². The van der Waals surface area contributed by atoms with E-state index in [1.54, 1.807) is 0 Å². The van der Waals surface area contributed by atoms with Crippen LogP contribution in [0.5, 0.6) is 0 Å². The van der Waals surface area contributed by atoms with Crippen LogP contribution in [0.15, 0.2) is 54.6 Å². The minimum Gasteiger partial charge on any atom is -0.468 e. The van der Waals surface area contributed by atoms with Gasteiger partial charge in [-0.1, -0.05) is 48.5 Å². The second-order valence-electron chi connectivity index (χ2n) is 6.15. The summed E-state index contributed by atoms with van der Waals surface area (Å²) in [5.41, 5.74) is 3.33. The first-order valence-electron chi connectivity index (χ1n) is 7.87. The van der Waals surface area contributed by atoms with Gasteiger partial charge in [-0.15, -0.1) is 0 Å². The van der Waals surface area contributed by atoms with E-state index in [1.807, 2.05) is 44.3 Å². The summed E-state index contributed by atoms with van der Waals surface area (Å²) in [4.78, 5) is 12.6. The molecule has 0 aliphatic carbocycles. The highest BCUT2D eigenvalue weighted by molar-refractivity contribution is 7.80. The molecule has 3 nitrogen and oxygen atoms in total. The van der Waals surface area contributed by atoms with Crippen LogP contribution in [0.4, 0.5) is 0 Å². The van der Waals surface area contributed by atoms with Crippen LogP contribution in [0.2, 0.25) is 0 Å². The van der Waals surface area contributed by atoms with Gasteiger partial charge in [0.25, 0.3) is 0 Å². The smallest absolute Gasteiger partial charge is 0.318 e. The van der Waals surface area contributed by atoms with E-state index in [2.05, 4.69) is 41.5 Å². The largest absolute Gasteiger partial charge is 0.468 e. The Balaban J connectivity index is 2.43. The molecule has 0 amide bonds. The number of ether oxygens (including phenoxy) is 1. The van der Waals surface area contributed by atoms with Crippen molar-refractivity contribution >= 4 is 29.5 Å². The van der Waals surface area contributed by atoms with Gasteiger partial charge in [0, 0.05) is 35.0 Å². The van der Waals surface area contributed by atoms with Crippen LogP contribution in [-0.4, -0.2) is 23.4 Å². The van der Waals surface area contributed by atoms with Crippen LogP contribution in [0.3, 0.4) is 0 Å². The Morgan fingerprint density at radius 2 is 1.75 bits per heavy atom. The summed E-state index contributed by atoms with van der Waals surface area (Å²) in [6.45, 7) is 1.90. The molecule has 24 heavy (non-hydrogen) atoms. The molecule has 0 spiro atoms. The Morgan fingerprint density at radius 1 is 1.12 bits per heavy atom. The van der Waals surface area contributed by atoms with Crippen LogP contribution in [-0.2, 0) is 22.0 Å². The fourth-order valence-corrected chi connectivity index (χ4v) is 3.68. The summed E-state index contributed by atoms with van der Waals surface area (Å²) in [6, 6.07) is 18.4. The van der Waals surface area contributed by atoms with Crippen LogP contribution in [0.25, 0.3) is 22.0 Å². The maximum absolute atomic E-state index is 12.6. The average molecular weight is 339 g/mol. The van der Waals surface area contributed by atoms with Gasteiger partial charge in [0.15, 0.2) is 0 Å². The van der Waals surface area contributed by atoms with Crippen molar-refractivity contribution in [2.75, 3.05) is 12.9 Å². The van der Waals surface area contributed by atoms with Gasteiger partial charge in [0.1, 0.15) is 5.41 Å². The van der Waals surface area contributed by atoms with Crippen molar-refractivity contribution in [1.82, 2.24) is 4.57 Å². The first-order chi connectivity index (χ1) is 11.5. The molecule has 0 saturated heterocycles. The SMILES string of the molecule is COC(=O)C(C)(CS)c1c(-c2ccccc2)c2ccccc2n1C. The topological polar surface area (TPSA) is 31.2 Å². The number of carbonyl (C=O) groups is 1. The fraction of sp³-hybridized carbons (Fsp3) is 0.250. The summed E-state index contributed by atoms with van der Waals surface area (Å²) in [7, 11) is 3.42. The molecule has 0 radical (unpaired) electrons. The maximum atomic E-state index is 12.6. The van der Waals surface area contributed by atoms with Crippen molar-refractivity contribution in [3.8, 4) is 11.1 Å². The highest BCUT2D eigenvalue weighted by Gasteiger charge is 2.40. The minimum atomic E-state index is -0.837. The molecule has 124 valence electrons. The second-order valence-corrected chi connectivity index (χ2v) is 6.46. The van der Waals surface area contributed by atoms with Gasteiger partial charge in [-0.25, -0.2) is 0 Å². The van der Waals surface area contributed by atoms with Gasteiger partial charge in [-0.05, 0) is 18.6 Å². The van der Waals surface area contributed by atoms with E-state index in [0.717, 1.165) is 27.7 Å². The van der Waals surface area contributed by atoms with E-state index >= 15 is 0 Å². The third kappa shape index (κ3) is 2.42. The lowest BCUT2D eigenvalue weighted by atomic mass is 9.84. The number of aromatic nitrogens is 1. The van der Waals surface area contributed by atoms with Gasteiger partial charge < -0.3 is 9.30 Å². The molecule has 0 aliphatic heterocycles. The Hall–Kier alpha value is -2.20. The standard InChI is InChI=1S/C20H21NO2S/c1-20(13-24,19(22)23-3)18-17(14-9-5-4-6-10-14)15-11-7-8-12-16(15)21(18)2/h4-12,24H,13H2,1-3H3. The average Bonchev–Trinajstić information content (AvgIpc) is 2.94. The zero-order valence-electron chi connectivity index (χ0n) is 14.1. The van der Waals surface area contributed by atoms with Crippen molar-refractivity contribution < 1.29 is 9.53 Å². The summed E-state index contributed by atoms with van der Waals surface area (Å²) in [6.07, 6.45) is 0. The van der Waals surface area contributed by atoms with Crippen molar-refractivity contribution in [3.63, 3.8) is 0 Å². The molecule has 1 atom stereocenters. The number of para-hydroxylation sites is 1. The van der Waals surface area contributed by atoms with Gasteiger partial charge in [0.2, 0.25) is 0 Å². The number of nitrogens with zero attached hydrogens (tertiary/aromatic N) is 1. The van der Waals surface area contributed by atoms with Crippen LogP contribution in [0.1, 0.15) is 12.6 Å². The number of benzene rings is 2. The predicted molar refractivity (Wildman–Crippen MR) is 102 cm³/mol. The zero-order chi connectivity index (χ0) is 17.3. The van der Waals surface area contributed by atoms with E-state index in [-0.39, 0.29) is 5.97 Å². The number of hydrogen-bond donors (Lipinski definition) is 1. The van der Waals surface area contributed by atoms with Crippen LogP contribution >= 0.6 is 12.6 Å². The number of methoxy groups -OCH3 is 1. The van der Waals surface area contributed by atoms with Gasteiger partial charge in [-0.2, -0.15) is 12.6 Å². The molecule has 1 unspecified atom stereocenters. The summed E-state index contributed by atoms with van der Waals surface area (Å²) in [5, 5.41) is 1.12. The minimum absolute atomic E-state index is 0.277. The van der Waals surface area contributed by atoms with Crippen molar-refractivity contribution in [2.24, 2.45) is 7.05 Å². The summed E-state index contributed by atoms with van der Waals surface area (Å²) in [5.74, 6) is 0.0875. The van der Waals surface area contributed by atoms with Gasteiger partial charge >= 0.3 is 5.97 Å². The molecular weight excluding hydrogens is 318 g/mol. The zero-order valence-corrected chi connectivity index (χ0v) is 15.0. The second kappa shape index (κ2) is 6.36. The quantitative estimate of drug-likeness (QED) is 0.570. The number of aryl methyl sites for hydroxylation is 1. The lowest BCUT2D eigenvalue weighted by Crippen LogP contribution is -2.38. The number of esters is 1. The Morgan fingerprint density at radius 3 is 2.38 bits per heavy atom. The molecule has 3 rings (SSSR count). The molecule has 0 fully saturated rings. The van der Waals surface area contributed by atoms with Crippen molar-refractivity contribution in [1.29, 1.82) is 0 Å². The van der Waals surface area contributed by atoms with Crippen molar-refractivity contribution in [3.05, 3.63) is 60.3 Å². The molecule has 1 aromatic heterocycles. The van der Waals surface area contributed by atoms with E-state index in [4.69, 9.17) is 4.74 Å². The molecule has 0 aliphatic rings. The van der Waals surface area contributed by atoms with Crippen molar-refractivity contribution in [2.45, 2.75) is 12.3 Å². The molecule has 1 heterocycles. The van der Waals surface area contributed by atoms with E-state index < -0.39 is 5.41 Å². The highest BCUT2D eigenvalue weighted by Crippen LogP contribution is 2.41. The molecule has 0 bridgehead atoms. The normalized spacial score (nSPS) is 13.7. The lowest BCUT2D eigenvalue weighted by molar-refractivity contribution is -0.146. The molecule has 0 N–H and O–H groups in total. The predicted octanol–water partition coefficient (Wildman–Crippen LogP) is 4.21. The molecule has 0 saturated carbocycles. The molecule has 4 heteroatoms. The monoisotopic (exact) mass is 339 g/mol. The van der Waals surface area contributed by atoms with E-state index in [1.165, 1.54) is 7.11 Å². The summed E-state index contributed by atoms with van der Waals surface area (Å²) >= 11 is 4.48. The maximum Gasteiger partial charge on any atom is 0.318 e. The molecular formula is C20H21NO2S. The third-order valence-electron chi connectivity index (χ3n) is 4.64. The fourth-order valence-electron chi connectivity index (χ4n) is 3.40. The molecule has 2 aromatic carbocycles. The van der Waals surface area contributed by atoms with Crippen LogP contribution < -0.4 is 0 Å². The number of hydrogen-bond acceptors (Lipinski definition) is 3.